The van der Waals surface area contributed by atoms with E-state index >= 15 is 0 Å². The summed E-state index contributed by atoms with van der Waals surface area (Å²) in [6.45, 7) is 3.72. The van der Waals surface area contributed by atoms with Crippen LogP contribution in [0, 0.1) is 0 Å². The molecule has 0 saturated heterocycles. The summed E-state index contributed by atoms with van der Waals surface area (Å²) in [5.41, 5.74) is 7.43. The maximum Gasteiger partial charge on any atom is 0.490 e. The smallest absolute Gasteiger partial charge is 0.475 e. The topological polar surface area (TPSA) is 174 Å². The molecule has 242 valence electrons. The number of benzene rings is 2. The maximum atomic E-state index is 13.3. The molecule has 5 N–H and O–H groups in total. The second kappa shape index (κ2) is 20.0. The standard InChI is InChI=1S/C27H35N3O6S.C2HF3O2/c1-3-35-26(33)21(28)15-16-23(31)29-22(18-37-17-19-11-7-5-8-12-19)25(32)30-24(27(34)36-4-2)20-13-9-6-10-14-20;3-2(4,5)1(6)7/h5-14,21-22,24H,3-4,15-18,28H2,1-2H3,(H,29,31)(H,30,32);(H,6,7)/t21-,22-,24+;/m0./s1. The van der Waals surface area contributed by atoms with Crippen LogP contribution >= 0.6 is 11.8 Å². The fourth-order valence-electron chi connectivity index (χ4n) is 3.36. The van der Waals surface area contributed by atoms with E-state index in [0.29, 0.717) is 11.3 Å². The zero-order chi connectivity index (χ0) is 33.1. The average Bonchev–Trinajstić information content (AvgIpc) is 2.99. The Labute approximate surface area is 257 Å². The second-order valence-corrected chi connectivity index (χ2v) is 9.96. The van der Waals surface area contributed by atoms with Gasteiger partial charge in [0.05, 0.1) is 13.2 Å². The lowest BCUT2D eigenvalue weighted by atomic mass is 10.1. The molecule has 0 bridgehead atoms. The van der Waals surface area contributed by atoms with E-state index in [9.17, 15) is 32.3 Å². The normalized spacial score (nSPS) is 12.8. The van der Waals surface area contributed by atoms with Crippen molar-refractivity contribution in [1.82, 2.24) is 10.6 Å². The van der Waals surface area contributed by atoms with Gasteiger partial charge in [-0.3, -0.25) is 14.4 Å². The van der Waals surface area contributed by atoms with Crippen LogP contribution in [-0.4, -0.2) is 72.1 Å². The number of carboxylic acids is 1. The van der Waals surface area contributed by atoms with Crippen molar-refractivity contribution in [3.8, 4) is 0 Å². The molecule has 0 saturated carbocycles. The molecular formula is C29H36F3N3O8S. The Morgan fingerprint density at radius 1 is 0.886 bits per heavy atom. The van der Waals surface area contributed by atoms with Gasteiger partial charge in [0.25, 0.3) is 0 Å². The molecule has 2 aromatic rings. The van der Waals surface area contributed by atoms with Crippen LogP contribution in [0.4, 0.5) is 13.2 Å². The van der Waals surface area contributed by atoms with Crippen LogP contribution in [0.1, 0.15) is 43.9 Å². The third-order valence-corrected chi connectivity index (χ3v) is 6.61. The van der Waals surface area contributed by atoms with Crippen LogP contribution in [0.15, 0.2) is 60.7 Å². The highest BCUT2D eigenvalue weighted by Gasteiger charge is 2.38. The number of nitrogens with one attached hydrogen (secondary N) is 2. The number of amides is 2. The van der Waals surface area contributed by atoms with Gasteiger partial charge in [-0.1, -0.05) is 60.7 Å². The highest BCUT2D eigenvalue weighted by atomic mass is 32.2. The molecular weight excluding hydrogens is 607 g/mol. The van der Waals surface area contributed by atoms with Crippen LogP contribution < -0.4 is 16.4 Å². The predicted octanol–water partition coefficient (Wildman–Crippen LogP) is 3.13. The van der Waals surface area contributed by atoms with Gasteiger partial charge >= 0.3 is 24.1 Å². The van der Waals surface area contributed by atoms with E-state index in [4.69, 9.17) is 25.1 Å². The van der Waals surface area contributed by atoms with Gasteiger partial charge in [-0.2, -0.15) is 24.9 Å². The van der Waals surface area contributed by atoms with E-state index in [1.54, 1.807) is 44.2 Å². The molecule has 0 aliphatic carbocycles. The second-order valence-electron chi connectivity index (χ2n) is 8.93. The molecule has 0 fully saturated rings. The summed E-state index contributed by atoms with van der Waals surface area (Å²) in [7, 11) is 0. The quantitative estimate of drug-likeness (QED) is 0.211. The number of ether oxygens (including phenoxy) is 2. The Kier molecular flexibility index (Phi) is 17.2. The van der Waals surface area contributed by atoms with E-state index < -0.39 is 54.0 Å². The van der Waals surface area contributed by atoms with Gasteiger partial charge < -0.3 is 30.9 Å². The summed E-state index contributed by atoms with van der Waals surface area (Å²) >= 11 is 1.47. The number of thioether (sulfide) groups is 1. The van der Waals surface area contributed by atoms with Crippen molar-refractivity contribution in [2.75, 3.05) is 19.0 Å². The van der Waals surface area contributed by atoms with Gasteiger partial charge in [-0.25, -0.2) is 9.59 Å². The number of carbonyl (C=O) groups is 5. The number of alkyl halides is 3. The lowest BCUT2D eigenvalue weighted by Crippen LogP contribution is -2.50. The molecule has 2 aromatic carbocycles. The first-order valence-electron chi connectivity index (χ1n) is 13.4. The van der Waals surface area contributed by atoms with Gasteiger partial charge in [0, 0.05) is 17.9 Å². The molecule has 2 rings (SSSR count). The molecule has 2 amide bonds. The van der Waals surface area contributed by atoms with E-state index in [1.165, 1.54) is 11.8 Å². The monoisotopic (exact) mass is 643 g/mol. The first-order valence-corrected chi connectivity index (χ1v) is 14.6. The van der Waals surface area contributed by atoms with Crippen molar-refractivity contribution in [1.29, 1.82) is 0 Å². The minimum absolute atomic E-state index is 0.0624. The first-order chi connectivity index (χ1) is 20.8. The highest BCUT2D eigenvalue weighted by Crippen LogP contribution is 2.17. The van der Waals surface area contributed by atoms with E-state index in [0.717, 1.165) is 5.56 Å². The van der Waals surface area contributed by atoms with Gasteiger partial charge in [0.2, 0.25) is 11.8 Å². The SMILES string of the molecule is CCOC(=O)[C@@H](N)CCC(=O)N[C@@H](CSCc1ccccc1)C(=O)N[C@@H](C(=O)OCC)c1ccccc1.O=C(O)C(F)(F)F. The van der Waals surface area contributed by atoms with Gasteiger partial charge in [-0.15, -0.1) is 0 Å². The molecule has 11 nitrogen and oxygen atoms in total. The lowest BCUT2D eigenvalue weighted by Gasteiger charge is -2.23. The summed E-state index contributed by atoms with van der Waals surface area (Å²) in [6, 6.07) is 15.6. The molecule has 0 radical (unpaired) electrons. The number of carboxylic acid groups (broad SMARTS) is 1. The number of hydrogen-bond acceptors (Lipinski definition) is 9. The van der Waals surface area contributed by atoms with Crippen LogP contribution in [0.2, 0.25) is 0 Å². The molecule has 0 unspecified atom stereocenters. The number of halogens is 3. The summed E-state index contributed by atoms with van der Waals surface area (Å²) in [5, 5.41) is 12.6. The Hall–Kier alpha value is -4.11. The largest absolute Gasteiger partial charge is 0.490 e. The van der Waals surface area contributed by atoms with Gasteiger partial charge in [0.15, 0.2) is 6.04 Å². The molecule has 0 aromatic heterocycles. The minimum Gasteiger partial charge on any atom is -0.475 e. The molecule has 44 heavy (non-hydrogen) atoms. The number of rotatable bonds is 15. The number of hydrogen-bond donors (Lipinski definition) is 4. The number of esters is 2. The summed E-state index contributed by atoms with van der Waals surface area (Å²) in [4.78, 5) is 59.2. The zero-order valence-electron chi connectivity index (χ0n) is 24.2. The Balaban J connectivity index is 0.00000123. The fourth-order valence-corrected chi connectivity index (χ4v) is 4.38. The third-order valence-electron chi connectivity index (χ3n) is 5.50. The molecule has 0 aliphatic rings. The zero-order valence-corrected chi connectivity index (χ0v) is 25.0. The third kappa shape index (κ3) is 14.9. The fraction of sp³-hybridized carbons (Fsp3) is 0.414. The van der Waals surface area contributed by atoms with Crippen molar-refractivity contribution in [3.63, 3.8) is 0 Å². The van der Waals surface area contributed by atoms with Gasteiger partial charge in [0.1, 0.15) is 12.1 Å². The Morgan fingerprint density at radius 2 is 1.41 bits per heavy atom. The van der Waals surface area contributed by atoms with Crippen molar-refractivity contribution in [2.24, 2.45) is 5.73 Å². The predicted molar refractivity (Wildman–Crippen MR) is 156 cm³/mol. The molecule has 0 aliphatic heterocycles. The maximum absolute atomic E-state index is 13.3. The van der Waals surface area contributed by atoms with E-state index in [2.05, 4.69) is 10.6 Å². The van der Waals surface area contributed by atoms with E-state index in [1.807, 2.05) is 30.3 Å². The molecule has 15 heteroatoms. The highest BCUT2D eigenvalue weighted by molar-refractivity contribution is 7.98. The number of aliphatic carboxylic acids is 1. The van der Waals surface area contributed by atoms with Crippen LogP contribution in [0.25, 0.3) is 0 Å². The van der Waals surface area contributed by atoms with Crippen molar-refractivity contribution < 1.29 is 51.7 Å². The summed E-state index contributed by atoms with van der Waals surface area (Å²) in [6.07, 6.45) is -5.07. The summed E-state index contributed by atoms with van der Waals surface area (Å²) < 4.78 is 41.8. The van der Waals surface area contributed by atoms with Gasteiger partial charge in [-0.05, 0) is 31.4 Å². The number of nitrogens with two attached hydrogens (primary N) is 1. The molecule has 3 atom stereocenters. The first kappa shape index (κ1) is 37.9. The van der Waals surface area contributed by atoms with Crippen molar-refractivity contribution in [2.45, 2.75) is 56.7 Å². The van der Waals surface area contributed by atoms with Crippen molar-refractivity contribution in [3.05, 3.63) is 71.8 Å². The lowest BCUT2D eigenvalue weighted by molar-refractivity contribution is -0.192. The molecule has 0 heterocycles. The van der Waals surface area contributed by atoms with E-state index in [-0.39, 0.29) is 31.8 Å². The summed E-state index contributed by atoms with van der Waals surface area (Å²) in [5.74, 6) is -3.99. The number of carbonyl (C=O) groups excluding carboxylic acids is 4. The Morgan fingerprint density at radius 3 is 1.93 bits per heavy atom. The van der Waals surface area contributed by atoms with Crippen LogP contribution in [0.3, 0.4) is 0 Å². The van der Waals surface area contributed by atoms with Crippen LogP contribution in [-0.2, 0) is 39.2 Å². The Bertz CT molecular complexity index is 1200. The average molecular weight is 644 g/mol. The van der Waals surface area contributed by atoms with Crippen molar-refractivity contribution >= 4 is 41.5 Å². The van der Waals surface area contributed by atoms with Crippen LogP contribution in [0.5, 0.6) is 0 Å². The minimum atomic E-state index is -5.08. The molecule has 0 spiro atoms.